The summed E-state index contributed by atoms with van der Waals surface area (Å²) in [6.45, 7) is 0.731. The minimum absolute atomic E-state index is 0.102. The van der Waals surface area contributed by atoms with Crippen LogP contribution in [0.3, 0.4) is 0 Å². The Hall–Kier alpha value is -1.84. The molecule has 20 heavy (non-hydrogen) atoms. The van der Waals surface area contributed by atoms with Gasteiger partial charge in [-0.25, -0.2) is 0 Å². The summed E-state index contributed by atoms with van der Waals surface area (Å²) in [5.74, 6) is 0.214. The van der Waals surface area contributed by atoms with Crippen molar-refractivity contribution in [3.05, 3.63) is 35.9 Å². The molecule has 4 nitrogen and oxygen atoms in total. The van der Waals surface area contributed by atoms with Crippen LogP contribution < -0.4 is 0 Å². The molecule has 0 bridgehead atoms. The van der Waals surface area contributed by atoms with Crippen molar-refractivity contribution in [2.24, 2.45) is 0 Å². The number of piperazine rings is 1. The molecule has 0 radical (unpaired) electrons. The molecule has 0 saturated carbocycles. The number of likely N-dealkylation sites (N-methyl/N-ethyl adjacent to an activating group) is 1. The summed E-state index contributed by atoms with van der Waals surface area (Å²) < 4.78 is 0. The minimum atomic E-state index is -0.348. The second-order valence-electron chi connectivity index (χ2n) is 5.70. The number of hydrogen-bond acceptors (Lipinski definition) is 2. The molecular formula is C16H20N2O2. The highest BCUT2D eigenvalue weighted by molar-refractivity contribution is 5.97. The largest absolute Gasteiger partial charge is 0.332 e. The number of hydrogen-bond donors (Lipinski definition) is 0. The molecule has 2 saturated heterocycles. The highest BCUT2D eigenvalue weighted by atomic mass is 16.2. The number of fused-ring (bicyclic) bond motifs is 1. The van der Waals surface area contributed by atoms with Gasteiger partial charge in [-0.05, 0) is 24.8 Å². The maximum Gasteiger partial charge on any atom is 0.246 e. The Morgan fingerprint density at radius 2 is 1.85 bits per heavy atom. The van der Waals surface area contributed by atoms with Gasteiger partial charge >= 0.3 is 0 Å². The van der Waals surface area contributed by atoms with E-state index in [4.69, 9.17) is 0 Å². The lowest BCUT2D eigenvalue weighted by atomic mass is 9.93. The highest BCUT2D eigenvalue weighted by Gasteiger charge is 2.44. The number of carbonyl (C=O) groups is 2. The summed E-state index contributed by atoms with van der Waals surface area (Å²) >= 11 is 0. The molecule has 0 aromatic heterocycles. The van der Waals surface area contributed by atoms with Gasteiger partial charge in [0.25, 0.3) is 0 Å². The Balaban J connectivity index is 1.83. The van der Waals surface area contributed by atoms with E-state index in [1.807, 2.05) is 30.3 Å². The predicted octanol–water partition coefficient (Wildman–Crippen LogP) is 1.45. The number of piperidine rings is 1. The summed E-state index contributed by atoms with van der Waals surface area (Å²) in [7, 11) is 1.76. The number of nitrogens with zero attached hydrogens (tertiary/aromatic N) is 2. The molecule has 2 fully saturated rings. The van der Waals surface area contributed by atoms with E-state index in [1.165, 1.54) is 0 Å². The van der Waals surface area contributed by atoms with Crippen LogP contribution in [0.15, 0.2) is 30.3 Å². The first-order valence-electron chi connectivity index (χ1n) is 7.29. The van der Waals surface area contributed by atoms with E-state index in [0.717, 1.165) is 31.4 Å². The van der Waals surface area contributed by atoms with Gasteiger partial charge in [0, 0.05) is 20.0 Å². The first-order chi connectivity index (χ1) is 9.68. The normalized spacial score (nSPS) is 26.6. The molecule has 0 N–H and O–H groups in total. The fourth-order valence-electron chi connectivity index (χ4n) is 3.26. The molecule has 2 heterocycles. The Labute approximate surface area is 119 Å². The van der Waals surface area contributed by atoms with Gasteiger partial charge in [0.2, 0.25) is 11.8 Å². The summed E-state index contributed by atoms with van der Waals surface area (Å²) in [5.41, 5.74) is 1.10. The average Bonchev–Trinajstić information content (AvgIpc) is 2.50. The fraction of sp³-hybridized carbons (Fsp3) is 0.500. The third kappa shape index (κ3) is 2.19. The minimum Gasteiger partial charge on any atom is -0.332 e. The van der Waals surface area contributed by atoms with Crippen molar-refractivity contribution in [3.8, 4) is 0 Å². The number of carbonyl (C=O) groups excluding carboxylic acids is 2. The van der Waals surface area contributed by atoms with Crippen LogP contribution in [0.25, 0.3) is 0 Å². The van der Waals surface area contributed by atoms with E-state index in [-0.39, 0.29) is 23.9 Å². The summed E-state index contributed by atoms with van der Waals surface area (Å²) in [4.78, 5) is 28.5. The maximum atomic E-state index is 12.7. The highest BCUT2D eigenvalue weighted by Crippen LogP contribution is 2.26. The van der Waals surface area contributed by atoms with Crippen molar-refractivity contribution in [3.63, 3.8) is 0 Å². The lowest BCUT2D eigenvalue weighted by molar-refractivity contribution is -0.162. The van der Waals surface area contributed by atoms with Crippen LogP contribution in [0.5, 0.6) is 0 Å². The van der Waals surface area contributed by atoms with Crippen LogP contribution in [0.1, 0.15) is 24.8 Å². The first-order valence-corrected chi connectivity index (χ1v) is 7.29. The molecule has 0 spiro atoms. The van der Waals surface area contributed by atoms with E-state index in [9.17, 15) is 9.59 Å². The summed E-state index contributed by atoms with van der Waals surface area (Å²) in [6, 6.07) is 9.35. The van der Waals surface area contributed by atoms with Crippen LogP contribution >= 0.6 is 0 Å². The van der Waals surface area contributed by atoms with Crippen LogP contribution in [0, 0.1) is 0 Å². The smallest absolute Gasteiger partial charge is 0.246 e. The molecular weight excluding hydrogens is 252 g/mol. The monoisotopic (exact) mass is 272 g/mol. The van der Waals surface area contributed by atoms with Crippen molar-refractivity contribution < 1.29 is 9.59 Å². The van der Waals surface area contributed by atoms with Crippen molar-refractivity contribution in [1.29, 1.82) is 0 Å². The molecule has 2 aliphatic rings. The molecule has 2 atom stereocenters. The van der Waals surface area contributed by atoms with Gasteiger partial charge in [0.1, 0.15) is 12.1 Å². The Morgan fingerprint density at radius 3 is 2.60 bits per heavy atom. The van der Waals surface area contributed by atoms with E-state index in [0.29, 0.717) is 6.42 Å². The molecule has 106 valence electrons. The van der Waals surface area contributed by atoms with E-state index in [1.54, 1.807) is 16.8 Å². The zero-order valence-corrected chi connectivity index (χ0v) is 11.8. The van der Waals surface area contributed by atoms with Crippen LogP contribution in [-0.2, 0) is 16.0 Å². The van der Waals surface area contributed by atoms with E-state index >= 15 is 0 Å². The van der Waals surface area contributed by atoms with Gasteiger partial charge in [-0.3, -0.25) is 9.59 Å². The molecule has 2 aliphatic heterocycles. The lowest BCUT2D eigenvalue weighted by Crippen LogP contribution is -2.65. The SMILES string of the molecule is CN1C(=O)C2CCCCN2C(=O)C1Cc1ccccc1. The van der Waals surface area contributed by atoms with Crippen LogP contribution in [-0.4, -0.2) is 47.3 Å². The molecule has 1 aromatic carbocycles. The second kappa shape index (κ2) is 5.27. The zero-order valence-electron chi connectivity index (χ0n) is 11.8. The van der Waals surface area contributed by atoms with Crippen molar-refractivity contribution >= 4 is 11.8 Å². The van der Waals surface area contributed by atoms with Crippen molar-refractivity contribution in [2.75, 3.05) is 13.6 Å². The fourth-order valence-corrected chi connectivity index (χ4v) is 3.26. The molecule has 2 unspecified atom stereocenters. The van der Waals surface area contributed by atoms with Gasteiger partial charge in [-0.2, -0.15) is 0 Å². The van der Waals surface area contributed by atoms with Gasteiger partial charge < -0.3 is 9.80 Å². The standard InChI is InChI=1S/C16H20N2O2/c1-17-14(11-12-7-3-2-4-8-12)16(20)18-10-6-5-9-13(18)15(17)19/h2-4,7-8,13-14H,5-6,9-11H2,1H3. The van der Waals surface area contributed by atoms with Crippen LogP contribution in [0.2, 0.25) is 0 Å². The first kappa shape index (κ1) is 13.2. The second-order valence-corrected chi connectivity index (χ2v) is 5.70. The molecule has 0 aliphatic carbocycles. The molecule has 1 aromatic rings. The lowest BCUT2D eigenvalue weighted by Gasteiger charge is -2.45. The quantitative estimate of drug-likeness (QED) is 0.817. The molecule has 3 rings (SSSR count). The van der Waals surface area contributed by atoms with Gasteiger partial charge in [0.05, 0.1) is 0 Å². The number of amides is 2. The van der Waals surface area contributed by atoms with Gasteiger partial charge in [-0.1, -0.05) is 30.3 Å². The number of rotatable bonds is 2. The Morgan fingerprint density at radius 1 is 1.10 bits per heavy atom. The predicted molar refractivity (Wildman–Crippen MR) is 76.1 cm³/mol. The maximum absolute atomic E-state index is 12.7. The number of benzene rings is 1. The molecule has 2 amide bonds. The molecule has 4 heteroatoms. The third-order valence-electron chi connectivity index (χ3n) is 4.44. The van der Waals surface area contributed by atoms with E-state index < -0.39 is 0 Å². The third-order valence-corrected chi connectivity index (χ3v) is 4.44. The van der Waals surface area contributed by atoms with Crippen molar-refractivity contribution in [2.45, 2.75) is 37.8 Å². The van der Waals surface area contributed by atoms with Gasteiger partial charge in [-0.15, -0.1) is 0 Å². The van der Waals surface area contributed by atoms with E-state index in [2.05, 4.69) is 0 Å². The Bertz CT molecular complexity index is 514. The summed E-state index contributed by atoms with van der Waals surface area (Å²) in [5, 5.41) is 0. The van der Waals surface area contributed by atoms with Gasteiger partial charge in [0.15, 0.2) is 0 Å². The van der Waals surface area contributed by atoms with Crippen LogP contribution in [0.4, 0.5) is 0 Å². The topological polar surface area (TPSA) is 40.6 Å². The van der Waals surface area contributed by atoms with Crippen molar-refractivity contribution in [1.82, 2.24) is 9.80 Å². The zero-order chi connectivity index (χ0) is 14.1. The average molecular weight is 272 g/mol. The summed E-state index contributed by atoms with van der Waals surface area (Å²) in [6.07, 6.45) is 3.47. The Kier molecular flexibility index (Phi) is 3.47.